The van der Waals surface area contributed by atoms with Gasteiger partial charge in [-0.05, 0) is 98.7 Å². The maximum atomic E-state index is 14.0. The molecule has 0 bridgehead atoms. The van der Waals surface area contributed by atoms with Gasteiger partial charge in [0.25, 0.3) is 0 Å². The Bertz CT molecular complexity index is 1420. The zero-order chi connectivity index (χ0) is 38.1. The fourth-order valence-corrected chi connectivity index (χ4v) is 10.7. The number of hydrogen-bond donors (Lipinski definition) is 0. The van der Waals surface area contributed by atoms with Gasteiger partial charge in [-0.2, -0.15) is 0 Å². The number of carbonyl (C=O) groups is 2. The minimum atomic E-state index is -1.61. The summed E-state index contributed by atoms with van der Waals surface area (Å²) >= 11 is 0. The van der Waals surface area contributed by atoms with E-state index in [1.165, 1.54) is 5.57 Å². The summed E-state index contributed by atoms with van der Waals surface area (Å²) in [4.78, 5) is 27.6. The molecule has 1 saturated heterocycles. The molecule has 0 radical (unpaired) electrons. The average Bonchev–Trinajstić information content (AvgIpc) is 3.01. The van der Waals surface area contributed by atoms with Crippen molar-refractivity contribution in [3.05, 3.63) is 53.6 Å². The molecule has 4 rings (SSSR count). The molecule has 0 N–H and O–H groups in total. The van der Waals surface area contributed by atoms with Crippen LogP contribution in [-0.2, 0) is 27.9 Å². The first-order valence-electron chi connectivity index (χ1n) is 19.5. The van der Waals surface area contributed by atoms with Crippen LogP contribution in [0.25, 0.3) is 0 Å². The number of para-hydroxylation sites is 1. The molecule has 7 nitrogen and oxygen atoms in total. The Kier molecular flexibility index (Phi) is 13.4. The van der Waals surface area contributed by atoms with Crippen LogP contribution in [0.4, 0.5) is 0 Å². The number of benzene rings is 1. The number of rotatable bonds is 12. The highest BCUT2D eigenvalue weighted by molar-refractivity contribution is 6.49. The molecule has 9 heteroatoms. The summed E-state index contributed by atoms with van der Waals surface area (Å²) in [5.74, 6) is 0.550. The molecule has 9 atom stereocenters. The van der Waals surface area contributed by atoms with E-state index in [0.29, 0.717) is 25.0 Å². The van der Waals surface area contributed by atoms with Gasteiger partial charge < -0.3 is 23.1 Å². The number of allylic oxidation sites excluding steroid dienone is 2. The van der Waals surface area contributed by atoms with Crippen molar-refractivity contribution in [2.75, 3.05) is 0 Å². The molecule has 0 amide bonds. The third-order valence-electron chi connectivity index (χ3n) is 11.3. The molecule has 1 aromatic rings. The second kappa shape index (κ2) is 16.4. The highest BCUT2D eigenvalue weighted by Gasteiger charge is 2.55. The second-order valence-electron chi connectivity index (χ2n) is 18.5. The van der Waals surface area contributed by atoms with Crippen molar-refractivity contribution in [3.63, 3.8) is 0 Å². The lowest BCUT2D eigenvalue weighted by Crippen LogP contribution is -2.58. The molecule has 1 aliphatic heterocycles. The smallest absolute Gasteiger partial charge is 0.347 e. The molecule has 2 unspecified atom stereocenters. The van der Waals surface area contributed by atoms with E-state index in [9.17, 15) is 9.59 Å². The van der Waals surface area contributed by atoms with Gasteiger partial charge >= 0.3 is 11.9 Å². The van der Waals surface area contributed by atoms with Crippen LogP contribution < -0.4 is 4.74 Å². The van der Waals surface area contributed by atoms with Crippen LogP contribution in [0.5, 0.6) is 5.75 Å². The van der Waals surface area contributed by atoms with Gasteiger partial charge in [0.05, 0.1) is 5.60 Å². The van der Waals surface area contributed by atoms with Gasteiger partial charge in [0.1, 0.15) is 24.1 Å². The van der Waals surface area contributed by atoms with Crippen LogP contribution in [-0.4, -0.2) is 60.0 Å². The summed E-state index contributed by atoms with van der Waals surface area (Å²) < 4.78 is 32.6. The van der Waals surface area contributed by atoms with E-state index in [1.807, 2.05) is 24.3 Å². The van der Waals surface area contributed by atoms with Crippen LogP contribution in [0.1, 0.15) is 106 Å². The van der Waals surface area contributed by atoms with Crippen molar-refractivity contribution >= 4 is 30.0 Å². The third kappa shape index (κ3) is 9.87. The quantitative estimate of drug-likeness (QED) is 0.156. The number of carbonyl (C=O) groups excluding carboxylic acids is 2. The molecule has 3 aliphatic rings. The first-order chi connectivity index (χ1) is 23.6. The highest BCUT2D eigenvalue weighted by Crippen LogP contribution is 2.53. The molecule has 0 saturated carbocycles. The van der Waals surface area contributed by atoms with Gasteiger partial charge in [0.2, 0.25) is 0 Å². The first kappa shape index (κ1) is 41.5. The van der Waals surface area contributed by atoms with E-state index in [-0.39, 0.29) is 58.5 Å². The van der Waals surface area contributed by atoms with Gasteiger partial charge in [-0.25, -0.2) is 9.59 Å². The Balaban J connectivity index is 1.68. The first-order valence-corrected chi connectivity index (χ1v) is 25.1. The standard InChI is InChI=1S/C42H68O7Si2/c1-26(2)32-17-15-16-18-34(32)45-28(4)38(43)47-35-24-30(40(5,6)7)23-29-20-19-27(3)42(36(29)35,49-51(13)14)22-21-31-25-33(41(8,9)10)37(39(44)46-31)48-50(11)12/h15-20,23,26-28,30-31,33,35-37,50-51H,21-22,24-25H2,1-14H3/t27-,28?,30+,31+,33-,35-,36+,37?,42-/m0/s1. The topological polar surface area (TPSA) is 80.3 Å². The fraction of sp³-hybridized carbons (Fsp3) is 0.714. The predicted octanol–water partition coefficient (Wildman–Crippen LogP) is 9.17. The molecule has 286 valence electrons. The SMILES string of the molecule is CC(Oc1ccccc1C(C)C)C(=O)O[C@H]1C[C@H](C(C)(C)C)C=C2C=C[C@H](C)[C@](CC[C@@H]3C[C@H](C(C)(C)C)C(O[SiH](C)C)C(=O)O3)(O[SiH](C)C)[C@H]21. The number of esters is 2. The minimum Gasteiger partial charge on any atom is -0.479 e. The fourth-order valence-electron chi connectivity index (χ4n) is 8.46. The summed E-state index contributed by atoms with van der Waals surface area (Å²) in [5.41, 5.74) is 1.48. The lowest BCUT2D eigenvalue weighted by atomic mass is 9.59. The monoisotopic (exact) mass is 740 g/mol. The van der Waals surface area contributed by atoms with Crippen molar-refractivity contribution in [2.24, 2.45) is 34.5 Å². The van der Waals surface area contributed by atoms with Crippen molar-refractivity contribution in [3.8, 4) is 5.75 Å². The van der Waals surface area contributed by atoms with Crippen molar-refractivity contribution in [2.45, 2.75) is 157 Å². The summed E-state index contributed by atoms with van der Waals surface area (Å²) in [6.07, 6.45) is 7.80. The van der Waals surface area contributed by atoms with E-state index in [0.717, 1.165) is 12.0 Å². The van der Waals surface area contributed by atoms with E-state index in [4.69, 9.17) is 23.1 Å². The van der Waals surface area contributed by atoms with Gasteiger partial charge in [-0.3, -0.25) is 0 Å². The lowest BCUT2D eigenvalue weighted by molar-refractivity contribution is -0.180. The molecular weight excluding hydrogens is 673 g/mol. The summed E-state index contributed by atoms with van der Waals surface area (Å²) in [5, 5.41) is 0. The maximum absolute atomic E-state index is 14.0. The molecule has 1 heterocycles. The second-order valence-corrected chi connectivity index (χ2v) is 23.2. The van der Waals surface area contributed by atoms with Gasteiger partial charge in [-0.15, -0.1) is 0 Å². The average molecular weight is 741 g/mol. The molecular formula is C42H68O7Si2. The molecule has 0 spiro atoms. The molecule has 1 aromatic carbocycles. The highest BCUT2D eigenvalue weighted by atomic mass is 28.3. The molecule has 51 heavy (non-hydrogen) atoms. The number of ether oxygens (including phenoxy) is 3. The van der Waals surface area contributed by atoms with Gasteiger partial charge in [0, 0.05) is 17.8 Å². The summed E-state index contributed by atoms with van der Waals surface area (Å²) in [7, 11) is -3.07. The molecule has 2 aliphatic carbocycles. The zero-order valence-corrected chi connectivity index (χ0v) is 36.4. The Morgan fingerprint density at radius 2 is 1.65 bits per heavy atom. The summed E-state index contributed by atoms with van der Waals surface area (Å²) in [6.45, 7) is 30.3. The number of cyclic esters (lactones) is 1. The third-order valence-corrected chi connectivity index (χ3v) is 13.0. The van der Waals surface area contributed by atoms with Gasteiger partial charge in [0.15, 0.2) is 24.2 Å². The Hall–Kier alpha value is -2.21. The summed E-state index contributed by atoms with van der Waals surface area (Å²) in [6, 6.07) is 7.92. The maximum Gasteiger partial charge on any atom is 0.347 e. The Morgan fingerprint density at radius 1 is 0.980 bits per heavy atom. The van der Waals surface area contributed by atoms with E-state index in [1.54, 1.807) is 6.92 Å². The van der Waals surface area contributed by atoms with Crippen LogP contribution in [0.15, 0.2) is 48.1 Å². The molecule has 1 fully saturated rings. The predicted molar refractivity (Wildman–Crippen MR) is 211 cm³/mol. The van der Waals surface area contributed by atoms with Crippen molar-refractivity contribution < 1.29 is 32.7 Å². The van der Waals surface area contributed by atoms with E-state index < -0.39 is 42.0 Å². The Labute approximate surface area is 312 Å². The zero-order valence-electron chi connectivity index (χ0n) is 34.1. The molecule has 0 aromatic heterocycles. The van der Waals surface area contributed by atoms with E-state index in [2.05, 4.69) is 107 Å². The normalized spacial score (nSPS) is 30.6. The van der Waals surface area contributed by atoms with Crippen LogP contribution in [0.3, 0.4) is 0 Å². The minimum absolute atomic E-state index is 0.0239. The lowest BCUT2D eigenvalue weighted by Gasteiger charge is -2.54. The Morgan fingerprint density at radius 3 is 2.24 bits per heavy atom. The van der Waals surface area contributed by atoms with Gasteiger partial charge in [-0.1, -0.05) is 98.7 Å². The number of fused-ring (bicyclic) bond motifs is 1. The van der Waals surface area contributed by atoms with Crippen molar-refractivity contribution in [1.29, 1.82) is 0 Å². The van der Waals surface area contributed by atoms with Crippen LogP contribution >= 0.6 is 0 Å². The largest absolute Gasteiger partial charge is 0.479 e. The number of hydrogen-bond acceptors (Lipinski definition) is 7. The van der Waals surface area contributed by atoms with Crippen LogP contribution in [0, 0.1) is 34.5 Å². The van der Waals surface area contributed by atoms with Crippen LogP contribution in [0.2, 0.25) is 26.2 Å². The van der Waals surface area contributed by atoms with Crippen molar-refractivity contribution in [1.82, 2.24) is 0 Å². The van der Waals surface area contributed by atoms with E-state index >= 15 is 0 Å².